The van der Waals surface area contributed by atoms with Gasteiger partial charge in [-0.15, -0.1) is 0 Å². The maximum atomic E-state index is 12.4. The molecule has 2 aromatic carbocycles. The van der Waals surface area contributed by atoms with Crippen LogP contribution in [-0.2, 0) is 10.0 Å². The summed E-state index contributed by atoms with van der Waals surface area (Å²) in [6.45, 7) is 1.68. The first-order valence-corrected chi connectivity index (χ1v) is 9.49. The second kappa shape index (κ2) is 8.65. The van der Waals surface area contributed by atoms with Crippen molar-refractivity contribution in [3.63, 3.8) is 0 Å². The van der Waals surface area contributed by atoms with Gasteiger partial charge in [-0.3, -0.25) is 4.79 Å². The molecule has 27 heavy (non-hydrogen) atoms. The molecule has 144 valence electrons. The Morgan fingerprint density at radius 2 is 1.74 bits per heavy atom. The van der Waals surface area contributed by atoms with Crippen LogP contribution < -0.4 is 14.8 Å². The van der Waals surface area contributed by atoms with Crippen molar-refractivity contribution < 1.29 is 27.9 Å². The maximum absolute atomic E-state index is 12.4. The van der Waals surface area contributed by atoms with E-state index in [1.165, 1.54) is 31.4 Å². The summed E-state index contributed by atoms with van der Waals surface area (Å²) >= 11 is 0. The molecule has 0 aromatic heterocycles. The van der Waals surface area contributed by atoms with Crippen LogP contribution in [0.4, 0.5) is 0 Å². The highest BCUT2D eigenvalue weighted by molar-refractivity contribution is 7.89. The number of benzene rings is 2. The molecule has 3 N–H and O–H groups in total. The number of hydrogen-bond donors (Lipinski definition) is 3. The van der Waals surface area contributed by atoms with E-state index in [0.717, 1.165) is 5.56 Å². The van der Waals surface area contributed by atoms with E-state index in [1.54, 1.807) is 25.1 Å². The number of amides is 1. The zero-order valence-corrected chi connectivity index (χ0v) is 15.7. The largest absolute Gasteiger partial charge is 0.495 e. The zero-order valence-electron chi connectivity index (χ0n) is 14.9. The third-order valence-electron chi connectivity index (χ3n) is 3.71. The van der Waals surface area contributed by atoms with Crippen molar-refractivity contribution in [2.24, 2.45) is 0 Å². The summed E-state index contributed by atoms with van der Waals surface area (Å²) in [5.74, 6) is -1.60. The number of aryl methyl sites for hydroxylation is 1. The van der Waals surface area contributed by atoms with Gasteiger partial charge >= 0.3 is 5.97 Å². The fourth-order valence-electron chi connectivity index (χ4n) is 2.40. The molecule has 0 saturated heterocycles. The molecule has 2 rings (SSSR count). The van der Waals surface area contributed by atoms with Crippen LogP contribution in [-0.4, -0.2) is 45.6 Å². The van der Waals surface area contributed by atoms with Gasteiger partial charge in [0.2, 0.25) is 10.0 Å². The van der Waals surface area contributed by atoms with E-state index >= 15 is 0 Å². The van der Waals surface area contributed by atoms with Gasteiger partial charge in [0.25, 0.3) is 5.91 Å². The molecule has 0 saturated carbocycles. The van der Waals surface area contributed by atoms with Gasteiger partial charge in [-0.2, -0.15) is 0 Å². The molecule has 0 bridgehead atoms. The molecule has 0 aliphatic heterocycles. The normalized spacial score (nSPS) is 11.0. The summed E-state index contributed by atoms with van der Waals surface area (Å²) < 4.78 is 32.3. The minimum absolute atomic E-state index is 0.00699. The Kier molecular flexibility index (Phi) is 6.54. The number of sulfonamides is 1. The number of nitrogens with one attached hydrogen (secondary N) is 2. The lowest BCUT2D eigenvalue weighted by molar-refractivity contribution is 0.0691. The number of carboxylic acids is 1. The van der Waals surface area contributed by atoms with Gasteiger partial charge in [0.1, 0.15) is 10.6 Å². The number of carbonyl (C=O) groups excluding carboxylic acids is 1. The number of carbonyl (C=O) groups is 2. The molecular formula is C18H20N2O6S. The molecule has 9 heteroatoms. The Morgan fingerprint density at radius 1 is 1.07 bits per heavy atom. The average molecular weight is 392 g/mol. The number of ether oxygens (including phenoxy) is 1. The molecular weight excluding hydrogens is 372 g/mol. The molecule has 0 fully saturated rings. The van der Waals surface area contributed by atoms with Crippen molar-refractivity contribution in [2.45, 2.75) is 11.8 Å². The van der Waals surface area contributed by atoms with Crippen LogP contribution in [0.3, 0.4) is 0 Å². The topological polar surface area (TPSA) is 122 Å². The molecule has 0 aliphatic carbocycles. The first-order chi connectivity index (χ1) is 12.8. The molecule has 2 aromatic rings. The van der Waals surface area contributed by atoms with Crippen LogP contribution in [0.2, 0.25) is 0 Å². The number of carboxylic acid groups (broad SMARTS) is 1. The van der Waals surface area contributed by atoms with E-state index in [2.05, 4.69) is 10.0 Å². The van der Waals surface area contributed by atoms with Crippen LogP contribution in [0, 0.1) is 6.92 Å². The predicted octanol–water partition coefficient (Wildman–Crippen LogP) is 1.41. The van der Waals surface area contributed by atoms with E-state index in [1.807, 2.05) is 0 Å². The summed E-state index contributed by atoms with van der Waals surface area (Å²) in [6, 6.07) is 10.6. The van der Waals surface area contributed by atoms with Gasteiger partial charge < -0.3 is 15.2 Å². The smallest absolute Gasteiger partial charge is 0.336 e. The second-order valence-electron chi connectivity index (χ2n) is 5.66. The molecule has 0 spiro atoms. The van der Waals surface area contributed by atoms with Crippen molar-refractivity contribution in [1.82, 2.24) is 10.0 Å². The second-order valence-corrected chi connectivity index (χ2v) is 7.39. The number of rotatable bonds is 8. The number of aromatic carboxylic acids is 1. The van der Waals surface area contributed by atoms with E-state index in [0.29, 0.717) is 0 Å². The third kappa shape index (κ3) is 5.05. The first-order valence-electron chi connectivity index (χ1n) is 8.01. The lowest BCUT2D eigenvalue weighted by Crippen LogP contribution is -2.35. The monoisotopic (exact) mass is 392 g/mol. The Morgan fingerprint density at radius 3 is 2.37 bits per heavy atom. The highest BCUT2D eigenvalue weighted by atomic mass is 32.2. The third-order valence-corrected chi connectivity index (χ3v) is 5.20. The van der Waals surface area contributed by atoms with Crippen LogP contribution >= 0.6 is 0 Å². The number of hydrogen-bond acceptors (Lipinski definition) is 5. The summed E-state index contributed by atoms with van der Waals surface area (Å²) in [7, 11) is -2.45. The Hall–Kier alpha value is -2.91. The van der Waals surface area contributed by atoms with Crippen molar-refractivity contribution in [3.05, 3.63) is 59.2 Å². The van der Waals surface area contributed by atoms with Crippen LogP contribution in [0.15, 0.2) is 47.4 Å². The van der Waals surface area contributed by atoms with Crippen LogP contribution in [0.1, 0.15) is 26.3 Å². The minimum Gasteiger partial charge on any atom is -0.495 e. The lowest BCUT2D eigenvalue weighted by atomic mass is 10.1. The molecule has 1 amide bonds. The van der Waals surface area contributed by atoms with Crippen molar-refractivity contribution in [3.8, 4) is 5.75 Å². The fraction of sp³-hybridized carbons (Fsp3) is 0.222. The SMILES string of the molecule is COc1ccc(C)cc1S(=O)(=O)NCCNC(=O)c1ccccc1C(=O)O. The van der Waals surface area contributed by atoms with E-state index in [9.17, 15) is 18.0 Å². The van der Waals surface area contributed by atoms with Crippen LogP contribution in [0.25, 0.3) is 0 Å². The summed E-state index contributed by atoms with van der Waals surface area (Å²) in [5.41, 5.74) is 0.642. The van der Waals surface area contributed by atoms with Gasteiger partial charge in [0.05, 0.1) is 18.2 Å². The van der Waals surface area contributed by atoms with Crippen molar-refractivity contribution >= 4 is 21.9 Å². The highest BCUT2D eigenvalue weighted by Crippen LogP contribution is 2.24. The van der Waals surface area contributed by atoms with Gasteiger partial charge in [0.15, 0.2) is 0 Å². The molecule has 8 nitrogen and oxygen atoms in total. The van der Waals surface area contributed by atoms with Gasteiger partial charge in [-0.25, -0.2) is 17.9 Å². The molecule has 0 unspecified atom stereocenters. The van der Waals surface area contributed by atoms with Gasteiger partial charge in [-0.05, 0) is 36.8 Å². The maximum Gasteiger partial charge on any atom is 0.336 e. The van der Waals surface area contributed by atoms with Crippen molar-refractivity contribution in [1.29, 1.82) is 0 Å². The standard InChI is InChI=1S/C18H20N2O6S/c1-12-7-8-15(26-2)16(11-12)27(24,25)20-10-9-19-17(21)13-5-3-4-6-14(13)18(22)23/h3-8,11,20H,9-10H2,1-2H3,(H,19,21)(H,22,23). The van der Waals surface area contributed by atoms with E-state index in [-0.39, 0.29) is 34.9 Å². The summed E-state index contributed by atoms with van der Waals surface area (Å²) in [4.78, 5) is 23.3. The molecule has 0 atom stereocenters. The zero-order chi connectivity index (χ0) is 20.0. The minimum atomic E-state index is -3.83. The predicted molar refractivity (Wildman–Crippen MR) is 98.7 cm³/mol. The molecule has 0 aliphatic rings. The Labute approximate surface area is 157 Å². The number of methoxy groups -OCH3 is 1. The lowest BCUT2D eigenvalue weighted by Gasteiger charge is -2.12. The van der Waals surface area contributed by atoms with Gasteiger partial charge in [0, 0.05) is 13.1 Å². The summed E-state index contributed by atoms with van der Waals surface area (Å²) in [5, 5.41) is 11.6. The fourth-order valence-corrected chi connectivity index (χ4v) is 3.68. The van der Waals surface area contributed by atoms with Crippen LogP contribution in [0.5, 0.6) is 5.75 Å². The van der Waals surface area contributed by atoms with Crippen molar-refractivity contribution in [2.75, 3.05) is 20.2 Å². The van der Waals surface area contributed by atoms with Gasteiger partial charge in [-0.1, -0.05) is 18.2 Å². The average Bonchev–Trinajstić information content (AvgIpc) is 2.65. The Balaban J connectivity index is 2.00. The molecule has 0 radical (unpaired) electrons. The van der Waals surface area contributed by atoms with E-state index in [4.69, 9.17) is 9.84 Å². The highest BCUT2D eigenvalue weighted by Gasteiger charge is 2.20. The van der Waals surface area contributed by atoms with E-state index < -0.39 is 21.9 Å². The first kappa shape index (κ1) is 20.4. The molecule has 0 heterocycles. The quantitative estimate of drug-likeness (QED) is 0.584. The Bertz CT molecular complexity index is 956. The summed E-state index contributed by atoms with van der Waals surface area (Å²) in [6.07, 6.45) is 0.